The number of hydrogen-bond donors (Lipinski definition) is 2. The van der Waals surface area contributed by atoms with E-state index in [2.05, 4.69) is 5.73 Å². The average molecular weight is 333 g/mol. The highest BCUT2D eigenvalue weighted by Gasteiger charge is 2.27. The van der Waals surface area contributed by atoms with Gasteiger partial charge in [0.15, 0.2) is 0 Å². The molecule has 0 spiro atoms. The molecule has 0 radical (unpaired) electrons. The van der Waals surface area contributed by atoms with E-state index in [9.17, 15) is 9.00 Å². The summed E-state index contributed by atoms with van der Waals surface area (Å²) in [4.78, 5) is 14.8. The number of carbonyl (C=O) groups is 1. The Kier molecular flexibility index (Phi) is 6.33. The predicted octanol–water partition coefficient (Wildman–Crippen LogP) is 1.60. The van der Waals surface area contributed by atoms with Crippen LogP contribution in [0.15, 0.2) is 10.3 Å². The molecular formula is C13H23N3O3S2. The molecule has 0 fully saturated rings. The van der Waals surface area contributed by atoms with Crippen LogP contribution >= 0.6 is 11.3 Å². The smallest absolute Gasteiger partial charge is 0.410 e. The summed E-state index contributed by atoms with van der Waals surface area (Å²) in [6.07, 6.45) is 0.455. The minimum atomic E-state index is -1.45. The fourth-order valence-corrected chi connectivity index (χ4v) is 3.67. The van der Waals surface area contributed by atoms with Gasteiger partial charge in [-0.1, -0.05) is 0 Å². The average Bonchev–Trinajstić information content (AvgIpc) is 2.82. The molecule has 0 bridgehead atoms. The SMILES string of the molecule is CC(C)(C)OC(=O)N1CCc2sc(S(N)=O)cc2C1.CN. The quantitative estimate of drug-likeness (QED) is 0.815. The summed E-state index contributed by atoms with van der Waals surface area (Å²) < 4.78 is 17.3. The molecule has 0 aliphatic carbocycles. The van der Waals surface area contributed by atoms with Gasteiger partial charge in [-0.3, -0.25) is 0 Å². The summed E-state index contributed by atoms with van der Waals surface area (Å²) in [7, 11) is 0.0522. The molecule has 1 unspecified atom stereocenters. The highest BCUT2D eigenvalue weighted by molar-refractivity contribution is 7.85. The van der Waals surface area contributed by atoms with Gasteiger partial charge >= 0.3 is 6.09 Å². The number of amides is 1. The van der Waals surface area contributed by atoms with Crippen LogP contribution in [0.4, 0.5) is 4.79 Å². The van der Waals surface area contributed by atoms with Gasteiger partial charge < -0.3 is 15.4 Å². The Morgan fingerprint density at radius 2 is 2.05 bits per heavy atom. The maximum absolute atomic E-state index is 12.0. The van der Waals surface area contributed by atoms with Gasteiger partial charge in [-0.15, -0.1) is 11.3 Å². The summed E-state index contributed by atoms with van der Waals surface area (Å²) in [5, 5.41) is 5.38. The van der Waals surface area contributed by atoms with Gasteiger partial charge in [-0.25, -0.2) is 14.1 Å². The summed E-state index contributed by atoms with van der Waals surface area (Å²) in [5.41, 5.74) is 5.03. The van der Waals surface area contributed by atoms with Crippen molar-refractivity contribution in [1.29, 1.82) is 0 Å². The van der Waals surface area contributed by atoms with Gasteiger partial charge in [-0.2, -0.15) is 0 Å². The Morgan fingerprint density at radius 1 is 1.43 bits per heavy atom. The van der Waals surface area contributed by atoms with Gasteiger partial charge in [0.1, 0.15) is 20.8 Å². The second kappa shape index (κ2) is 7.35. The van der Waals surface area contributed by atoms with Crippen LogP contribution in [0.5, 0.6) is 0 Å². The molecule has 0 saturated carbocycles. The lowest BCUT2D eigenvalue weighted by Gasteiger charge is -2.29. The Labute approximate surface area is 132 Å². The van der Waals surface area contributed by atoms with Crippen molar-refractivity contribution < 1.29 is 13.7 Å². The van der Waals surface area contributed by atoms with Gasteiger partial charge in [0, 0.05) is 11.4 Å². The first kappa shape index (κ1) is 18.1. The first-order chi connectivity index (χ1) is 9.76. The number of ether oxygens (including phenoxy) is 1. The Balaban J connectivity index is 0.00000106. The zero-order valence-electron chi connectivity index (χ0n) is 12.8. The van der Waals surface area contributed by atoms with E-state index < -0.39 is 16.6 Å². The largest absolute Gasteiger partial charge is 0.444 e. The zero-order valence-corrected chi connectivity index (χ0v) is 14.5. The number of nitrogens with two attached hydrogens (primary N) is 2. The third kappa shape index (κ3) is 5.06. The van der Waals surface area contributed by atoms with Gasteiger partial charge in [0.05, 0.1) is 6.54 Å². The van der Waals surface area contributed by atoms with Crippen molar-refractivity contribution in [2.45, 2.75) is 43.5 Å². The monoisotopic (exact) mass is 333 g/mol. The van der Waals surface area contributed by atoms with E-state index >= 15 is 0 Å². The Hall–Kier alpha value is -0.960. The molecule has 1 aromatic rings. The molecule has 21 heavy (non-hydrogen) atoms. The lowest BCUT2D eigenvalue weighted by molar-refractivity contribution is 0.0225. The Morgan fingerprint density at radius 3 is 2.57 bits per heavy atom. The van der Waals surface area contributed by atoms with Gasteiger partial charge in [0.2, 0.25) is 0 Å². The first-order valence-corrected chi connectivity index (χ1v) is 8.62. The predicted molar refractivity (Wildman–Crippen MR) is 85.4 cm³/mol. The van der Waals surface area contributed by atoms with Crippen molar-refractivity contribution in [1.82, 2.24) is 4.90 Å². The number of rotatable bonds is 1. The second-order valence-corrected chi connectivity index (χ2v) is 7.89. The van der Waals surface area contributed by atoms with Crippen molar-refractivity contribution in [3.8, 4) is 0 Å². The van der Waals surface area contributed by atoms with Gasteiger partial charge in [0.25, 0.3) is 0 Å². The molecule has 4 N–H and O–H groups in total. The third-order valence-corrected chi connectivity index (χ3v) is 4.98. The normalized spacial score (nSPS) is 15.6. The molecule has 0 saturated heterocycles. The topological polar surface area (TPSA) is 98.6 Å². The molecule has 6 nitrogen and oxygen atoms in total. The van der Waals surface area contributed by atoms with Crippen LogP contribution in [0.1, 0.15) is 31.2 Å². The zero-order chi connectivity index (χ0) is 16.2. The van der Waals surface area contributed by atoms with Crippen molar-refractivity contribution >= 4 is 28.4 Å². The molecule has 1 aliphatic heterocycles. The molecule has 2 heterocycles. The van der Waals surface area contributed by atoms with Crippen LogP contribution in [0, 0.1) is 0 Å². The number of carbonyl (C=O) groups excluding carboxylic acids is 1. The fraction of sp³-hybridized carbons (Fsp3) is 0.615. The van der Waals surface area contributed by atoms with E-state index in [1.807, 2.05) is 26.8 Å². The van der Waals surface area contributed by atoms with Crippen LogP contribution in [-0.4, -0.2) is 34.4 Å². The second-order valence-electron chi connectivity index (χ2n) is 5.46. The van der Waals surface area contributed by atoms with E-state index in [0.717, 1.165) is 16.9 Å². The highest BCUT2D eigenvalue weighted by Crippen LogP contribution is 2.29. The van der Waals surface area contributed by atoms with Crippen molar-refractivity contribution in [3.63, 3.8) is 0 Å². The maximum atomic E-state index is 12.0. The lowest BCUT2D eigenvalue weighted by Crippen LogP contribution is -2.39. The van der Waals surface area contributed by atoms with Crippen LogP contribution < -0.4 is 10.9 Å². The summed E-state index contributed by atoms with van der Waals surface area (Å²) >= 11 is 1.47. The lowest BCUT2D eigenvalue weighted by atomic mass is 10.1. The molecule has 1 atom stereocenters. The summed E-state index contributed by atoms with van der Waals surface area (Å²) in [6, 6.07) is 1.83. The van der Waals surface area contributed by atoms with Crippen molar-refractivity contribution in [2.24, 2.45) is 10.9 Å². The number of fused-ring (bicyclic) bond motifs is 1. The van der Waals surface area contributed by atoms with E-state index in [4.69, 9.17) is 9.88 Å². The van der Waals surface area contributed by atoms with Crippen LogP contribution in [0.3, 0.4) is 0 Å². The number of thiophene rings is 1. The molecule has 0 aromatic carbocycles. The standard InChI is InChI=1S/C12H18N2O3S2.CH5N/c1-12(2,3)17-11(15)14-5-4-9-8(7-14)6-10(18-9)19(13)16;1-2/h6H,4-5,7,13H2,1-3H3;2H2,1H3. The summed E-state index contributed by atoms with van der Waals surface area (Å²) in [5.74, 6) is 0. The van der Waals surface area contributed by atoms with E-state index in [-0.39, 0.29) is 6.09 Å². The van der Waals surface area contributed by atoms with Crippen LogP contribution in [0.25, 0.3) is 0 Å². The summed E-state index contributed by atoms with van der Waals surface area (Å²) in [6.45, 7) is 6.67. The Bertz CT molecular complexity index is 523. The maximum Gasteiger partial charge on any atom is 0.410 e. The molecule has 2 rings (SSSR count). The molecule has 1 aromatic heterocycles. The van der Waals surface area contributed by atoms with Crippen LogP contribution in [0.2, 0.25) is 0 Å². The third-order valence-electron chi connectivity index (χ3n) is 2.69. The minimum absolute atomic E-state index is 0.306. The molecule has 8 heteroatoms. The van der Waals surface area contributed by atoms with E-state index in [0.29, 0.717) is 17.3 Å². The van der Waals surface area contributed by atoms with Crippen molar-refractivity contribution in [2.75, 3.05) is 13.6 Å². The molecule has 120 valence electrons. The van der Waals surface area contributed by atoms with E-state index in [1.165, 1.54) is 18.4 Å². The highest BCUT2D eigenvalue weighted by atomic mass is 32.2. The fourth-order valence-electron chi connectivity index (χ4n) is 1.89. The van der Waals surface area contributed by atoms with Crippen LogP contribution in [-0.2, 0) is 28.7 Å². The molecular weight excluding hydrogens is 310 g/mol. The van der Waals surface area contributed by atoms with Crippen molar-refractivity contribution in [3.05, 3.63) is 16.5 Å². The van der Waals surface area contributed by atoms with Gasteiger partial charge in [-0.05, 0) is 45.9 Å². The van der Waals surface area contributed by atoms with E-state index in [1.54, 1.807) is 4.90 Å². The molecule has 1 amide bonds. The first-order valence-electron chi connectivity index (χ1n) is 6.59. The molecule has 1 aliphatic rings. The number of hydrogen-bond acceptors (Lipinski definition) is 5. The number of nitrogens with zero attached hydrogens (tertiary/aromatic N) is 1. The minimum Gasteiger partial charge on any atom is -0.444 e.